The van der Waals surface area contributed by atoms with Crippen LogP contribution in [0.3, 0.4) is 0 Å². The molecule has 0 unspecified atom stereocenters. The summed E-state index contributed by atoms with van der Waals surface area (Å²) in [6.07, 6.45) is 0. The van der Waals surface area contributed by atoms with E-state index < -0.39 is 0 Å². The SMILES string of the molecule is Cc1ccc(NC(=S)N[C@@H](C)[C@@H](c2ccccc2)[NH+]2CCOCC2)cc1F. The van der Waals surface area contributed by atoms with Crippen LogP contribution >= 0.6 is 12.2 Å². The third kappa shape index (κ3) is 5.25. The van der Waals surface area contributed by atoms with E-state index in [-0.39, 0.29) is 17.9 Å². The third-order valence-corrected chi connectivity index (χ3v) is 5.24. The number of morpholine rings is 1. The van der Waals surface area contributed by atoms with Gasteiger partial charge in [0, 0.05) is 11.3 Å². The molecule has 2 atom stereocenters. The summed E-state index contributed by atoms with van der Waals surface area (Å²) in [5.41, 5.74) is 2.55. The van der Waals surface area contributed by atoms with Gasteiger partial charge in [0.05, 0.1) is 19.3 Å². The number of rotatable bonds is 5. The number of quaternary nitrogens is 1. The monoisotopic (exact) mass is 388 g/mol. The number of anilines is 1. The molecule has 1 aliphatic rings. The first-order valence-electron chi connectivity index (χ1n) is 9.35. The van der Waals surface area contributed by atoms with Crippen molar-refractivity contribution >= 4 is 23.0 Å². The van der Waals surface area contributed by atoms with E-state index in [9.17, 15) is 4.39 Å². The Bertz CT molecular complexity index is 765. The minimum Gasteiger partial charge on any atom is -0.370 e. The first kappa shape index (κ1) is 19.7. The lowest BCUT2D eigenvalue weighted by molar-refractivity contribution is -0.940. The lowest BCUT2D eigenvalue weighted by Gasteiger charge is -2.35. The van der Waals surface area contributed by atoms with Crippen LogP contribution in [0.25, 0.3) is 0 Å². The molecule has 0 amide bonds. The topological polar surface area (TPSA) is 37.7 Å². The second-order valence-corrected chi connectivity index (χ2v) is 7.42. The quantitative estimate of drug-likeness (QED) is 0.688. The van der Waals surface area contributed by atoms with Crippen LogP contribution in [0.1, 0.15) is 24.1 Å². The summed E-state index contributed by atoms with van der Waals surface area (Å²) >= 11 is 5.48. The van der Waals surface area contributed by atoms with Gasteiger partial charge in [0.1, 0.15) is 24.9 Å². The maximum atomic E-state index is 13.8. The van der Waals surface area contributed by atoms with Gasteiger partial charge in [-0.1, -0.05) is 36.4 Å². The van der Waals surface area contributed by atoms with Crippen LogP contribution in [0.5, 0.6) is 0 Å². The van der Waals surface area contributed by atoms with Crippen molar-refractivity contribution in [2.24, 2.45) is 0 Å². The first-order chi connectivity index (χ1) is 13.0. The molecule has 0 aliphatic carbocycles. The number of hydrogen-bond donors (Lipinski definition) is 3. The van der Waals surface area contributed by atoms with Crippen molar-refractivity contribution in [1.82, 2.24) is 5.32 Å². The maximum absolute atomic E-state index is 13.8. The Morgan fingerprint density at radius 2 is 1.85 bits per heavy atom. The first-order valence-corrected chi connectivity index (χ1v) is 9.76. The highest BCUT2D eigenvalue weighted by molar-refractivity contribution is 7.80. The molecule has 0 spiro atoms. The summed E-state index contributed by atoms with van der Waals surface area (Å²) in [5.74, 6) is -0.240. The van der Waals surface area contributed by atoms with Crippen molar-refractivity contribution in [3.63, 3.8) is 0 Å². The standard InChI is InChI=1S/C21H26FN3OS/c1-15-8-9-18(14-19(15)22)24-21(27)23-16(2)20(17-6-4-3-5-7-17)25-10-12-26-13-11-25/h3-9,14,16,20H,10-13H2,1-2H3,(H2,23,24,27)/p+1/t16-,20-/m0/s1. The summed E-state index contributed by atoms with van der Waals surface area (Å²) in [6, 6.07) is 15.9. The number of benzene rings is 2. The smallest absolute Gasteiger partial charge is 0.171 e. The van der Waals surface area contributed by atoms with E-state index >= 15 is 0 Å². The second-order valence-electron chi connectivity index (χ2n) is 7.01. The Morgan fingerprint density at radius 1 is 1.15 bits per heavy atom. The van der Waals surface area contributed by atoms with Gasteiger partial charge in [-0.15, -0.1) is 0 Å². The third-order valence-electron chi connectivity index (χ3n) is 5.02. The number of thiocarbonyl (C=S) groups is 1. The van der Waals surface area contributed by atoms with Crippen LogP contribution in [-0.2, 0) is 4.74 Å². The molecule has 1 saturated heterocycles. The van der Waals surface area contributed by atoms with Gasteiger partial charge in [-0.3, -0.25) is 0 Å². The number of ether oxygens (including phenoxy) is 1. The number of aryl methyl sites for hydroxylation is 1. The summed E-state index contributed by atoms with van der Waals surface area (Å²) in [4.78, 5) is 1.48. The predicted molar refractivity (Wildman–Crippen MR) is 111 cm³/mol. The fourth-order valence-electron chi connectivity index (χ4n) is 3.61. The Kier molecular flexibility index (Phi) is 6.77. The number of hydrogen-bond acceptors (Lipinski definition) is 2. The van der Waals surface area contributed by atoms with E-state index in [4.69, 9.17) is 17.0 Å². The zero-order valence-electron chi connectivity index (χ0n) is 15.8. The summed E-state index contributed by atoms with van der Waals surface area (Å²) in [6.45, 7) is 7.37. The summed E-state index contributed by atoms with van der Waals surface area (Å²) < 4.78 is 19.3. The van der Waals surface area contributed by atoms with E-state index in [1.807, 2.05) is 12.1 Å². The van der Waals surface area contributed by atoms with Gasteiger partial charge in [0.25, 0.3) is 0 Å². The number of halogens is 1. The molecule has 1 aliphatic heterocycles. The van der Waals surface area contributed by atoms with Crippen LogP contribution in [0.15, 0.2) is 48.5 Å². The molecule has 27 heavy (non-hydrogen) atoms. The molecule has 1 heterocycles. The predicted octanol–water partition coefficient (Wildman–Crippen LogP) is 2.47. The average molecular weight is 389 g/mol. The van der Waals surface area contributed by atoms with Crippen LogP contribution in [0, 0.1) is 12.7 Å². The van der Waals surface area contributed by atoms with Crippen molar-refractivity contribution in [2.45, 2.75) is 25.9 Å². The lowest BCUT2D eigenvalue weighted by atomic mass is 9.98. The van der Waals surface area contributed by atoms with Gasteiger partial charge >= 0.3 is 0 Å². The molecule has 2 aromatic carbocycles. The minimum absolute atomic E-state index is 0.107. The molecule has 0 radical (unpaired) electrons. The molecule has 0 saturated carbocycles. The zero-order valence-corrected chi connectivity index (χ0v) is 16.6. The van der Waals surface area contributed by atoms with Crippen LogP contribution in [0.4, 0.5) is 10.1 Å². The van der Waals surface area contributed by atoms with Crippen molar-refractivity contribution in [3.05, 3.63) is 65.5 Å². The molecule has 0 aromatic heterocycles. The van der Waals surface area contributed by atoms with E-state index in [0.29, 0.717) is 16.4 Å². The normalized spacial score (nSPS) is 17.1. The molecule has 2 aromatic rings. The highest BCUT2D eigenvalue weighted by Crippen LogP contribution is 2.16. The molecule has 3 rings (SSSR count). The molecule has 3 N–H and O–H groups in total. The highest BCUT2D eigenvalue weighted by Gasteiger charge is 2.31. The van der Waals surface area contributed by atoms with E-state index in [0.717, 1.165) is 26.3 Å². The van der Waals surface area contributed by atoms with E-state index in [2.05, 4.69) is 41.8 Å². The minimum atomic E-state index is -0.240. The Labute approximate surface area is 165 Å². The molecular formula is C21H27FN3OS+. The lowest BCUT2D eigenvalue weighted by Crippen LogP contribution is -3.15. The number of nitrogens with one attached hydrogen (secondary N) is 3. The fourth-order valence-corrected chi connectivity index (χ4v) is 3.91. The van der Waals surface area contributed by atoms with Gasteiger partial charge in [0.15, 0.2) is 5.11 Å². The summed E-state index contributed by atoms with van der Waals surface area (Å²) in [7, 11) is 0. The molecule has 0 bridgehead atoms. The van der Waals surface area contributed by atoms with E-state index in [1.54, 1.807) is 13.0 Å². The van der Waals surface area contributed by atoms with Gasteiger partial charge in [-0.05, 0) is 43.8 Å². The second kappa shape index (κ2) is 9.26. The zero-order chi connectivity index (χ0) is 19.2. The molecule has 6 heteroatoms. The van der Waals surface area contributed by atoms with Gasteiger partial charge in [0.2, 0.25) is 0 Å². The summed E-state index contributed by atoms with van der Waals surface area (Å²) in [5, 5.41) is 6.99. The van der Waals surface area contributed by atoms with Crippen molar-refractivity contribution in [3.8, 4) is 0 Å². The van der Waals surface area contributed by atoms with Crippen LogP contribution in [0.2, 0.25) is 0 Å². The molecule has 144 valence electrons. The fraction of sp³-hybridized carbons (Fsp3) is 0.381. The molecular weight excluding hydrogens is 361 g/mol. The largest absolute Gasteiger partial charge is 0.370 e. The van der Waals surface area contributed by atoms with Crippen LogP contribution in [-0.4, -0.2) is 37.5 Å². The Hall–Kier alpha value is -2.02. The Morgan fingerprint density at radius 3 is 2.52 bits per heavy atom. The van der Waals surface area contributed by atoms with Gasteiger partial charge in [-0.2, -0.15) is 0 Å². The van der Waals surface area contributed by atoms with Crippen LogP contribution < -0.4 is 15.5 Å². The van der Waals surface area contributed by atoms with Crippen molar-refractivity contribution in [2.75, 3.05) is 31.6 Å². The van der Waals surface area contributed by atoms with Crippen molar-refractivity contribution in [1.29, 1.82) is 0 Å². The highest BCUT2D eigenvalue weighted by atomic mass is 32.1. The van der Waals surface area contributed by atoms with E-state index in [1.165, 1.54) is 16.5 Å². The molecule has 4 nitrogen and oxygen atoms in total. The average Bonchev–Trinajstić information content (AvgIpc) is 2.66. The van der Waals surface area contributed by atoms with Gasteiger partial charge < -0.3 is 20.3 Å². The Balaban J connectivity index is 1.70. The van der Waals surface area contributed by atoms with Gasteiger partial charge in [-0.25, -0.2) is 4.39 Å². The maximum Gasteiger partial charge on any atom is 0.171 e. The van der Waals surface area contributed by atoms with Crippen molar-refractivity contribution < 1.29 is 14.0 Å². The molecule has 1 fully saturated rings.